The number of amides is 1. The smallest absolute Gasteiger partial charge is 0.268 e. The summed E-state index contributed by atoms with van der Waals surface area (Å²) >= 11 is 0. The van der Waals surface area contributed by atoms with Gasteiger partial charge >= 0.3 is 0 Å². The summed E-state index contributed by atoms with van der Waals surface area (Å²) in [4.78, 5) is 25.4. The molecule has 0 radical (unpaired) electrons. The highest BCUT2D eigenvalue weighted by atomic mass is 16.2. The van der Waals surface area contributed by atoms with E-state index >= 15 is 0 Å². The molecule has 0 unspecified atom stereocenters. The summed E-state index contributed by atoms with van der Waals surface area (Å²) < 4.78 is 0. The largest absolute Gasteiger partial charge is 0.347 e. The first kappa shape index (κ1) is 11.4. The number of nitrogens with one attached hydrogen (secondary N) is 2. The molecule has 2 N–H and O–H groups in total. The van der Waals surface area contributed by atoms with E-state index in [0.717, 1.165) is 19.3 Å². The molecule has 0 aromatic carbocycles. The van der Waals surface area contributed by atoms with E-state index in [1.54, 1.807) is 6.07 Å². The standard InChI is InChI=1S/C12H13N3O2/c13-7-8-3-1-4-9(8)15-12(17)10-5-2-6-11(16)14-10/h2,5-6,8-9H,1,3-4H2,(H,14,16)(H,15,17)/t8-,9-/m0/s1. The minimum Gasteiger partial charge on any atom is -0.347 e. The van der Waals surface area contributed by atoms with Crippen molar-refractivity contribution >= 4 is 5.91 Å². The Morgan fingerprint density at radius 2 is 2.29 bits per heavy atom. The lowest BCUT2D eigenvalue weighted by Crippen LogP contribution is -2.37. The van der Waals surface area contributed by atoms with Crippen LogP contribution in [-0.4, -0.2) is 16.9 Å². The number of nitriles is 1. The van der Waals surface area contributed by atoms with Gasteiger partial charge in [0, 0.05) is 12.1 Å². The van der Waals surface area contributed by atoms with Crippen molar-refractivity contribution in [1.29, 1.82) is 5.26 Å². The zero-order valence-electron chi connectivity index (χ0n) is 9.27. The van der Waals surface area contributed by atoms with E-state index < -0.39 is 0 Å². The predicted molar refractivity (Wildman–Crippen MR) is 61.3 cm³/mol. The number of H-pyrrole nitrogens is 1. The van der Waals surface area contributed by atoms with Crippen LogP contribution in [0, 0.1) is 17.2 Å². The predicted octanol–water partition coefficient (Wildman–Crippen LogP) is 0.797. The minimum atomic E-state index is -0.324. The van der Waals surface area contributed by atoms with Crippen molar-refractivity contribution < 1.29 is 4.79 Å². The van der Waals surface area contributed by atoms with Gasteiger partial charge in [0.05, 0.1) is 12.0 Å². The van der Waals surface area contributed by atoms with Gasteiger partial charge in [0.25, 0.3) is 5.91 Å². The number of hydrogen-bond acceptors (Lipinski definition) is 3. The second kappa shape index (κ2) is 4.83. The fourth-order valence-electron chi connectivity index (χ4n) is 2.11. The lowest BCUT2D eigenvalue weighted by atomic mass is 10.1. The molecule has 17 heavy (non-hydrogen) atoms. The molecule has 1 saturated carbocycles. The molecule has 5 heteroatoms. The molecule has 1 heterocycles. The molecular weight excluding hydrogens is 218 g/mol. The Hall–Kier alpha value is -2.09. The number of carbonyl (C=O) groups is 1. The number of rotatable bonds is 2. The van der Waals surface area contributed by atoms with E-state index in [4.69, 9.17) is 5.26 Å². The van der Waals surface area contributed by atoms with Gasteiger partial charge < -0.3 is 10.3 Å². The van der Waals surface area contributed by atoms with Crippen molar-refractivity contribution in [2.24, 2.45) is 5.92 Å². The van der Waals surface area contributed by atoms with E-state index in [2.05, 4.69) is 16.4 Å². The Labute approximate surface area is 98.5 Å². The maximum absolute atomic E-state index is 11.8. The molecule has 0 aliphatic heterocycles. The second-order valence-corrected chi connectivity index (χ2v) is 4.18. The van der Waals surface area contributed by atoms with Gasteiger partial charge in [-0.2, -0.15) is 5.26 Å². The van der Waals surface area contributed by atoms with E-state index in [0.29, 0.717) is 0 Å². The highest BCUT2D eigenvalue weighted by molar-refractivity contribution is 5.92. The average molecular weight is 231 g/mol. The topological polar surface area (TPSA) is 85.8 Å². The number of nitrogens with zero attached hydrogens (tertiary/aromatic N) is 1. The minimum absolute atomic E-state index is 0.101. The molecule has 1 amide bonds. The van der Waals surface area contributed by atoms with Gasteiger partial charge in [-0.25, -0.2) is 0 Å². The average Bonchev–Trinajstić information content (AvgIpc) is 2.76. The molecule has 0 bridgehead atoms. The van der Waals surface area contributed by atoms with Gasteiger partial charge in [-0.1, -0.05) is 6.07 Å². The van der Waals surface area contributed by atoms with Gasteiger partial charge in [-0.05, 0) is 25.3 Å². The van der Waals surface area contributed by atoms with Gasteiger partial charge in [-0.3, -0.25) is 9.59 Å². The summed E-state index contributed by atoms with van der Waals surface area (Å²) in [5, 5.41) is 11.7. The van der Waals surface area contributed by atoms with Crippen LogP contribution in [0.15, 0.2) is 23.0 Å². The van der Waals surface area contributed by atoms with E-state index in [1.807, 2.05) is 0 Å². The molecule has 1 aliphatic carbocycles. The van der Waals surface area contributed by atoms with Gasteiger partial charge in [-0.15, -0.1) is 0 Å². The van der Waals surface area contributed by atoms with Crippen LogP contribution in [0.1, 0.15) is 29.8 Å². The zero-order chi connectivity index (χ0) is 12.3. The lowest BCUT2D eigenvalue weighted by Gasteiger charge is -2.15. The van der Waals surface area contributed by atoms with Crippen LogP contribution in [-0.2, 0) is 0 Å². The summed E-state index contributed by atoms with van der Waals surface area (Å²) in [5.74, 6) is -0.441. The fourth-order valence-corrected chi connectivity index (χ4v) is 2.11. The molecule has 0 saturated heterocycles. The first-order chi connectivity index (χ1) is 8.20. The third-order valence-electron chi connectivity index (χ3n) is 3.01. The molecule has 1 aliphatic rings. The molecule has 2 atom stereocenters. The third-order valence-corrected chi connectivity index (χ3v) is 3.01. The summed E-state index contributed by atoms with van der Waals surface area (Å²) in [6.45, 7) is 0. The molecule has 5 nitrogen and oxygen atoms in total. The summed E-state index contributed by atoms with van der Waals surface area (Å²) in [7, 11) is 0. The number of pyridine rings is 1. The van der Waals surface area contributed by atoms with Crippen LogP contribution in [0.2, 0.25) is 0 Å². The number of aromatic nitrogens is 1. The highest BCUT2D eigenvalue weighted by Crippen LogP contribution is 2.24. The van der Waals surface area contributed by atoms with Crippen molar-refractivity contribution in [3.05, 3.63) is 34.2 Å². The highest BCUT2D eigenvalue weighted by Gasteiger charge is 2.28. The maximum Gasteiger partial charge on any atom is 0.268 e. The third kappa shape index (κ3) is 2.53. The maximum atomic E-state index is 11.8. The van der Waals surface area contributed by atoms with E-state index in [1.165, 1.54) is 12.1 Å². The lowest BCUT2D eigenvalue weighted by molar-refractivity contribution is 0.0927. The number of aromatic amines is 1. The van der Waals surface area contributed by atoms with Crippen LogP contribution in [0.4, 0.5) is 0 Å². The Morgan fingerprint density at radius 1 is 1.47 bits per heavy atom. The van der Waals surface area contributed by atoms with E-state index in [-0.39, 0.29) is 29.1 Å². The molecule has 1 aromatic heterocycles. The van der Waals surface area contributed by atoms with Gasteiger partial charge in [0.1, 0.15) is 5.69 Å². The van der Waals surface area contributed by atoms with Crippen LogP contribution >= 0.6 is 0 Å². The zero-order valence-corrected chi connectivity index (χ0v) is 9.27. The first-order valence-electron chi connectivity index (χ1n) is 5.60. The van der Waals surface area contributed by atoms with Crippen LogP contribution in [0.25, 0.3) is 0 Å². The van der Waals surface area contributed by atoms with Crippen LogP contribution in [0.3, 0.4) is 0 Å². The van der Waals surface area contributed by atoms with Crippen LogP contribution < -0.4 is 10.9 Å². The number of carbonyl (C=O) groups excluding carboxylic acids is 1. The van der Waals surface area contributed by atoms with Crippen molar-refractivity contribution in [2.75, 3.05) is 0 Å². The number of hydrogen-bond donors (Lipinski definition) is 2. The van der Waals surface area contributed by atoms with Gasteiger partial charge in [0.2, 0.25) is 5.56 Å². The quantitative estimate of drug-likeness (QED) is 0.789. The first-order valence-corrected chi connectivity index (χ1v) is 5.60. The Morgan fingerprint density at radius 3 is 3.00 bits per heavy atom. The Bertz CT molecular complexity index is 515. The summed E-state index contributed by atoms with van der Waals surface area (Å²) in [6, 6.07) is 6.53. The molecule has 1 aromatic rings. The second-order valence-electron chi connectivity index (χ2n) is 4.18. The molecule has 0 spiro atoms. The summed E-state index contributed by atoms with van der Waals surface area (Å²) in [6.07, 6.45) is 2.60. The molecule has 88 valence electrons. The normalized spacial score (nSPS) is 23.0. The van der Waals surface area contributed by atoms with Crippen LogP contribution in [0.5, 0.6) is 0 Å². The van der Waals surface area contributed by atoms with Crippen molar-refractivity contribution in [3.8, 4) is 6.07 Å². The van der Waals surface area contributed by atoms with Crippen molar-refractivity contribution in [2.45, 2.75) is 25.3 Å². The Balaban J connectivity index is 2.07. The van der Waals surface area contributed by atoms with Crippen molar-refractivity contribution in [3.63, 3.8) is 0 Å². The molecule has 2 rings (SSSR count). The van der Waals surface area contributed by atoms with Gasteiger partial charge in [0.15, 0.2) is 0 Å². The van der Waals surface area contributed by atoms with Crippen molar-refractivity contribution in [1.82, 2.24) is 10.3 Å². The molecule has 1 fully saturated rings. The SMILES string of the molecule is N#C[C@@H]1CCC[C@@H]1NC(=O)c1cccc(=O)[nH]1. The molecular formula is C12H13N3O2. The fraction of sp³-hybridized carbons (Fsp3) is 0.417. The monoisotopic (exact) mass is 231 g/mol. The summed E-state index contributed by atoms with van der Waals surface area (Å²) in [5.41, 5.74) is -0.0676. The Kier molecular flexibility index (Phi) is 3.24. The van der Waals surface area contributed by atoms with E-state index in [9.17, 15) is 9.59 Å².